The molecule has 108 valence electrons. The van der Waals surface area contributed by atoms with Gasteiger partial charge in [0, 0.05) is 18.1 Å². The number of ether oxygens (including phenoxy) is 1. The minimum Gasteiger partial charge on any atom is -0.497 e. The molecule has 0 spiro atoms. The highest BCUT2D eigenvalue weighted by Crippen LogP contribution is 2.15. The molecule has 0 bridgehead atoms. The fourth-order valence-electron chi connectivity index (χ4n) is 1.92. The predicted octanol–water partition coefficient (Wildman–Crippen LogP) is 0.894. The van der Waals surface area contributed by atoms with Gasteiger partial charge in [0.05, 0.1) is 7.11 Å². The molecule has 0 aliphatic carbocycles. The maximum atomic E-state index is 11.1. The van der Waals surface area contributed by atoms with E-state index in [9.17, 15) is 8.42 Å². The first-order chi connectivity index (χ1) is 8.94. The summed E-state index contributed by atoms with van der Waals surface area (Å²) in [5.74, 6) is 6.52. The second-order valence-corrected chi connectivity index (χ2v) is 6.95. The first-order valence-electron chi connectivity index (χ1n) is 6.21. The summed E-state index contributed by atoms with van der Waals surface area (Å²) >= 11 is 0. The molecule has 0 aliphatic rings. The topological polar surface area (TPSA) is 81.4 Å². The first kappa shape index (κ1) is 15.9. The number of benzene rings is 1. The monoisotopic (exact) mass is 286 g/mol. The Kier molecular flexibility index (Phi) is 6.27. The van der Waals surface area contributed by atoms with Crippen LogP contribution in [0.25, 0.3) is 0 Å². The molecule has 1 aromatic carbocycles. The first-order valence-corrected chi connectivity index (χ1v) is 8.27. The lowest BCUT2D eigenvalue weighted by molar-refractivity contribution is 0.413. The lowest BCUT2D eigenvalue weighted by Crippen LogP contribution is -2.37. The standard InChI is InChI=1S/C13H22N2O3S/c1-18-13-7-3-5-11(10-13)9-12(15-14)6-4-8-19(2,16)17/h3,5,7,10,12,15H,4,6,8-9,14H2,1-2H3. The summed E-state index contributed by atoms with van der Waals surface area (Å²) in [5, 5.41) is 0. The normalized spacial score (nSPS) is 13.2. The second-order valence-electron chi connectivity index (χ2n) is 4.69. The number of methoxy groups -OCH3 is 1. The molecule has 0 saturated heterocycles. The summed E-state index contributed by atoms with van der Waals surface area (Å²) in [4.78, 5) is 0. The van der Waals surface area contributed by atoms with E-state index in [1.165, 1.54) is 6.26 Å². The van der Waals surface area contributed by atoms with E-state index in [1.54, 1.807) is 7.11 Å². The predicted molar refractivity (Wildman–Crippen MR) is 76.8 cm³/mol. The van der Waals surface area contributed by atoms with Gasteiger partial charge in [-0.1, -0.05) is 12.1 Å². The smallest absolute Gasteiger partial charge is 0.147 e. The highest BCUT2D eigenvalue weighted by Gasteiger charge is 2.10. The van der Waals surface area contributed by atoms with Crippen molar-refractivity contribution in [3.05, 3.63) is 29.8 Å². The molecule has 0 aliphatic heterocycles. The molecule has 1 unspecified atom stereocenters. The van der Waals surface area contributed by atoms with Gasteiger partial charge < -0.3 is 4.74 Å². The zero-order valence-corrected chi connectivity index (χ0v) is 12.2. The Labute approximate surface area is 115 Å². The maximum Gasteiger partial charge on any atom is 0.147 e. The van der Waals surface area contributed by atoms with Crippen molar-refractivity contribution in [1.29, 1.82) is 0 Å². The van der Waals surface area contributed by atoms with Crippen molar-refractivity contribution in [3.8, 4) is 5.75 Å². The molecule has 3 N–H and O–H groups in total. The van der Waals surface area contributed by atoms with E-state index in [1.807, 2.05) is 24.3 Å². The van der Waals surface area contributed by atoms with E-state index in [-0.39, 0.29) is 11.8 Å². The Bertz CT molecular complexity index is 488. The number of nitrogens with one attached hydrogen (secondary N) is 1. The van der Waals surface area contributed by atoms with Gasteiger partial charge in [0.15, 0.2) is 0 Å². The van der Waals surface area contributed by atoms with Gasteiger partial charge in [0.1, 0.15) is 15.6 Å². The molecule has 1 rings (SSSR count). The van der Waals surface area contributed by atoms with E-state index in [4.69, 9.17) is 10.6 Å². The van der Waals surface area contributed by atoms with Crippen LogP contribution in [0.15, 0.2) is 24.3 Å². The molecular weight excluding hydrogens is 264 g/mol. The maximum absolute atomic E-state index is 11.1. The van der Waals surface area contributed by atoms with Crippen molar-refractivity contribution in [2.24, 2.45) is 5.84 Å². The van der Waals surface area contributed by atoms with Gasteiger partial charge in [0.2, 0.25) is 0 Å². The van der Waals surface area contributed by atoms with Crippen LogP contribution in [0, 0.1) is 0 Å². The molecule has 6 heteroatoms. The molecule has 0 saturated carbocycles. The number of sulfone groups is 1. The summed E-state index contributed by atoms with van der Waals surface area (Å²) in [6.07, 6.45) is 3.33. The number of rotatable bonds is 8. The number of nitrogens with two attached hydrogens (primary N) is 1. The molecule has 5 nitrogen and oxygen atoms in total. The van der Waals surface area contributed by atoms with Crippen molar-refractivity contribution in [1.82, 2.24) is 5.43 Å². The fourth-order valence-corrected chi connectivity index (χ4v) is 2.61. The van der Waals surface area contributed by atoms with Gasteiger partial charge in [0.25, 0.3) is 0 Å². The van der Waals surface area contributed by atoms with Crippen molar-refractivity contribution < 1.29 is 13.2 Å². The third kappa shape index (κ3) is 6.56. The van der Waals surface area contributed by atoms with Crippen LogP contribution in [-0.2, 0) is 16.3 Å². The van der Waals surface area contributed by atoms with Crippen molar-refractivity contribution in [2.75, 3.05) is 19.1 Å². The van der Waals surface area contributed by atoms with E-state index >= 15 is 0 Å². The third-order valence-corrected chi connectivity index (χ3v) is 3.95. The molecule has 0 heterocycles. The van der Waals surface area contributed by atoms with Crippen LogP contribution in [0.1, 0.15) is 18.4 Å². The Hall–Kier alpha value is -1.11. The second kappa shape index (κ2) is 7.47. The molecule has 0 radical (unpaired) electrons. The van der Waals surface area contributed by atoms with Crippen molar-refractivity contribution in [2.45, 2.75) is 25.3 Å². The van der Waals surface area contributed by atoms with Gasteiger partial charge in [-0.15, -0.1) is 0 Å². The molecule has 19 heavy (non-hydrogen) atoms. The van der Waals surface area contributed by atoms with E-state index in [0.29, 0.717) is 6.42 Å². The summed E-state index contributed by atoms with van der Waals surface area (Å²) in [5.41, 5.74) is 3.85. The van der Waals surface area contributed by atoms with Crippen LogP contribution >= 0.6 is 0 Å². The van der Waals surface area contributed by atoms with E-state index in [2.05, 4.69) is 5.43 Å². The third-order valence-electron chi connectivity index (χ3n) is 2.92. The van der Waals surface area contributed by atoms with Gasteiger partial charge in [-0.3, -0.25) is 11.3 Å². The largest absolute Gasteiger partial charge is 0.497 e. The minimum absolute atomic E-state index is 0.0638. The molecule has 1 atom stereocenters. The van der Waals surface area contributed by atoms with Crippen molar-refractivity contribution in [3.63, 3.8) is 0 Å². The van der Waals surface area contributed by atoms with Crippen LogP contribution in [0.5, 0.6) is 5.75 Å². The lowest BCUT2D eigenvalue weighted by Gasteiger charge is -2.16. The Morgan fingerprint density at radius 2 is 2.16 bits per heavy atom. The minimum atomic E-state index is -2.90. The number of hydrogen-bond donors (Lipinski definition) is 2. The van der Waals surface area contributed by atoms with E-state index < -0.39 is 9.84 Å². The molecule has 0 aromatic heterocycles. The van der Waals surface area contributed by atoms with Crippen LogP contribution in [0.3, 0.4) is 0 Å². The lowest BCUT2D eigenvalue weighted by atomic mass is 10.0. The summed E-state index contributed by atoms with van der Waals surface area (Å²) in [7, 11) is -1.27. The summed E-state index contributed by atoms with van der Waals surface area (Å²) in [6.45, 7) is 0. The van der Waals surface area contributed by atoms with E-state index in [0.717, 1.165) is 24.2 Å². The Morgan fingerprint density at radius 3 is 2.74 bits per heavy atom. The molecule has 0 fully saturated rings. The molecule has 1 aromatic rings. The average molecular weight is 286 g/mol. The Balaban J connectivity index is 2.51. The van der Waals surface area contributed by atoms with Gasteiger partial charge in [-0.25, -0.2) is 8.42 Å². The zero-order chi connectivity index (χ0) is 14.3. The quantitative estimate of drug-likeness (QED) is 0.548. The van der Waals surface area contributed by atoms with Gasteiger partial charge in [-0.2, -0.15) is 0 Å². The van der Waals surface area contributed by atoms with Gasteiger partial charge in [-0.05, 0) is 37.0 Å². The van der Waals surface area contributed by atoms with Crippen LogP contribution in [0.4, 0.5) is 0 Å². The zero-order valence-electron chi connectivity index (χ0n) is 11.4. The summed E-state index contributed by atoms with van der Waals surface area (Å²) < 4.78 is 27.3. The van der Waals surface area contributed by atoms with Crippen LogP contribution < -0.4 is 16.0 Å². The van der Waals surface area contributed by atoms with Crippen LogP contribution in [0.2, 0.25) is 0 Å². The number of hydrazine groups is 1. The summed E-state index contributed by atoms with van der Waals surface area (Å²) in [6, 6.07) is 7.84. The Morgan fingerprint density at radius 1 is 1.42 bits per heavy atom. The number of hydrogen-bond acceptors (Lipinski definition) is 5. The SMILES string of the molecule is COc1cccc(CC(CCCS(C)(=O)=O)NN)c1. The molecule has 0 amide bonds. The fraction of sp³-hybridized carbons (Fsp3) is 0.538. The van der Waals surface area contributed by atoms with Gasteiger partial charge >= 0.3 is 0 Å². The molecular formula is C13H22N2O3S. The van der Waals surface area contributed by atoms with Crippen LogP contribution in [-0.4, -0.2) is 33.6 Å². The highest BCUT2D eigenvalue weighted by atomic mass is 32.2. The van der Waals surface area contributed by atoms with Crippen molar-refractivity contribution >= 4 is 9.84 Å². The average Bonchev–Trinajstić information content (AvgIpc) is 2.36. The highest BCUT2D eigenvalue weighted by molar-refractivity contribution is 7.90.